The van der Waals surface area contributed by atoms with E-state index in [1.165, 1.54) is 0 Å². The van der Waals surface area contributed by atoms with Crippen LogP contribution in [0.15, 0.2) is 36.4 Å². The van der Waals surface area contributed by atoms with Crippen molar-refractivity contribution in [3.8, 4) is 28.5 Å². The van der Waals surface area contributed by atoms with Gasteiger partial charge in [0, 0.05) is 35.6 Å². The highest BCUT2D eigenvalue weighted by Gasteiger charge is 2.36. The number of carbonyl (C=O) groups excluding carboxylic acids is 1. The highest BCUT2D eigenvalue weighted by Crippen LogP contribution is 2.40. The number of aryl methyl sites for hydroxylation is 1. The molecule has 0 aliphatic carbocycles. The fourth-order valence-corrected chi connectivity index (χ4v) is 5.38. The molecule has 36 heavy (non-hydrogen) atoms. The van der Waals surface area contributed by atoms with Crippen LogP contribution in [0.5, 0.6) is 17.2 Å². The molecule has 0 spiro atoms. The second kappa shape index (κ2) is 9.62. The number of ether oxygens (including phenoxy) is 4. The first-order valence-electron chi connectivity index (χ1n) is 12.5. The van der Waals surface area contributed by atoms with Crippen molar-refractivity contribution in [2.75, 3.05) is 34.0 Å². The zero-order valence-corrected chi connectivity index (χ0v) is 21.7. The lowest BCUT2D eigenvalue weighted by molar-refractivity contribution is -0.146. The number of amides is 1. The van der Waals surface area contributed by atoms with Gasteiger partial charge in [0.1, 0.15) is 17.9 Å². The first-order valence-corrected chi connectivity index (χ1v) is 12.5. The van der Waals surface area contributed by atoms with E-state index in [1.54, 1.807) is 14.2 Å². The molecule has 3 aromatic rings. The number of pyridine rings is 1. The largest absolute Gasteiger partial charge is 0.494 e. The third-order valence-electron chi connectivity index (χ3n) is 7.20. The zero-order chi connectivity index (χ0) is 25.4. The van der Waals surface area contributed by atoms with Crippen molar-refractivity contribution in [3.63, 3.8) is 0 Å². The van der Waals surface area contributed by atoms with E-state index < -0.39 is 0 Å². The number of hydrogen-bond donors (Lipinski definition) is 0. The Morgan fingerprint density at radius 1 is 1.11 bits per heavy atom. The molecular weight excluding hydrogens is 456 g/mol. The van der Waals surface area contributed by atoms with E-state index in [9.17, 15) is 4.79 Å². The maximum absolute atomic E-state index is 13.5. The number of nitrogens with zero attached hydrogens (tertiary/aromatic N) is 2. The van der Waals surface area contributed by atoms with Crippen LogP contribution in [0.2, 0.25) is 0 Å². The van der Waals surface area contributed by atoms with Gasteiger partial charge >= 0.3 is 0 Å². The lowest BCUT2D eigenvalue weighted by Gasteiger charge is -2.36. The molecule has 1 saturated heterocycles. The van der Waals surface area contributed by atoms with Crippen LogP contribution in [0, 0.1) is 12.8 Å². The summed E-state index contributed by atoms with van der Waals surface area (Å²) < 4.78 is 23.3. The van der Waals surface area contributed by atoms with Crippen molar-refractivity contribution in [2.45, 2.75) is 45.8 Å². The van der Waals surface area contributed by atoms with E-state index in [-0.39, 0.29) is 17.4 Å². The van der Waals surface area contributed by atoms with E-state index in [0.717, 1.165) is 51.9 Å². The molecule has 0 radical (unpaired) electrons. The summed E-state index contributed by atoms with van der Waals surface area (Å²) in [5.74, 6) is 2.19. The Hall–Kier alpha value is -3.32. The van der Waals surface area contributed by atoms with Crippen LogP contribution in [0.4, 0.5) is 0 Å². The number of aromatic nitrogens is 1. The summed E-state index contributed by atoms with van der Waals surface area (Å²) in [5, 5.41) is 1.05. The van der Waals surface area contributed by atoms with Gasteiger partial charge in [0.15, 0.2) is 11.5 Å². The molecule has 1 amide bonds. The molecule has 7 nitrogen and oxygen atoms in total. The fraction of sp³-hybridized carbons (Fsp3) is 0.448. The Labute approximate surface area is 212 Å². The van der Waals surface area contributed by atoms with Gasteiger partial charge in [-0.2, -0.15) is 0 Å². The average molecular weight is 491 g/mol. The maximum Gasteiger partial charge on any atom is 0.226 e. The maximum atomic E-state index is 13.5. The quantitative estimate of drug-likeness (QED) is 0.504. The van der Waals surface area contributed by atoms with Crippen LogP contribution in [0.1, 0.15) is 37.8 Å². The molecule has 3 heterocycles. The van der Waals surface area contributed by atoms with E-state index in [0.29, 0.717) is 37.8 Å². The van der Waals surface area contributed by atoms with Gasteiger partial charge in [0.05, 0.1) is 32.1 Å². The van der Waals surface area contributed by atoms with E-state index in [4.69, 9.17) is 23.9 Å². The molecule has 2 aliphatic rings. The van der Waals surface area contributed by atoms with Gasteiger partial charge in [0.25, 0.3) is 0 Å². The number of methoxy groups -OCH3 is 2. The second-order valence-electron chi connectivity index (χ2n) is 10.3. The predicted molar refractivity (Wildman–Crippen MR) is 139 cm³/mol. The highest BCUT2D eigenvalue weighted by atomic mass is 16.5. The molecular formula is C29H34N2O5. The van der Waals surface area contributed by atoms with E-state index in [1.807, 2.05) is 23.1 Å². The summed E-state index contributed by atoms with van der Waals surface area (Å²) in [6.07, 6.45) is 1.47. The molecule has 0 unspecified atom stereocenters. The molecule has 0 N–H and O–H groups in total. The van der Waals surface area contributed by atoms with Crippen LogP contribution in [-0.2, 0) is 16.1 Å². The number of rotatable bonds is 4. The highest BCUT2D eigenvalue weighted by molar-refractivity contribution is 5.90. The number of para-hydroxylation sites is 1. The number of benzene rings is 2. The first-order chi connectivity index (χ1) is 17.3. The molecule has 0 saturated carbocycles. The Morgan fingerprint density at radius 2 is 1.92 bits per heavy atom. The minimum Gasteiger partial charge on any atom is -0.494 e. The lowest BCUT2D eigenvalue weighted by atomic mass is 9.87. The van der Waals surface area contributed by atoms with Gasteiger partial charge < -0.3 is 23.8 Å². The molecule has 2 aliphatic heterocycles. The molecule has 1 fully saturated rings. The van der Waals surface area contributed by atoms with Crippen LogP contribution >= 0.6 is 0 Å². The topological polar surface area (TPSA) is 70.1 Å². The van der Waals surface area contributed by atoms with Gasteiger partial charge in [-0.15, -0.1) is 0 Å². The van der Waals surface area contributed by atoms with E-state index >= 15 is 0 Å². The summed E-state index contributed by atoms with van der Waals surface area (Å²) in [6, 6.07) is 12.1. The van der Waals surface area contributed by atoms with Crippen LogP contribution < -0.4 is 14.2 Å². The minimum atomic E-state index is -0.282. The van der Waals surface area contributed by atoms with Crippen molar-refractivity contribution >= 4 is 16.8 Å². The van der Waals surface area contributed by atoms with Gasteiger partial charge in [-0.3, -0.25) is 4.79 Å². The smallest absolute Gasteiger partial charge is 0.226 e. The Bertz CT molecular complexity index is 1300. The normalized spacial score (nSPS) is 19.2. The standard InChI is InChI=1S/C29H34N2O5/c1-18-13-23(30-26-22(18)7-6-8-24(26)33-4)20-14-21-17-31(10-12-35-27(21)25(15-20)34-5)28(32)19-9-11-36-29(2,3)16-19/h6-8,13-15,19H,9-12,16-17H2,1-5H3/t19-/m0/s1. The minimum absolute atomic E-state index is 0.0438. The number of hydrogen-bond acceptors (Lipinski definition) is 6. The summed E-state index contributed by atoms with van der Waals surface area (Å²) in [4.78, 5) is 20.4. The van der Waals surface area contributed by atoms with Crippen molar-refractivity contribution in [1.82, 2.24) is 9.88 Å². The Morgan fingerprint density at radius 3 is 2.67 bits per heavy atom. The molecule has 5 rings (SSSR count). The zero-order valence-electron chi connectivity index (χ0n) is 21.7. The van der Waals surface area contributed by atoms with Crippen LogP contribution in [0.3, 0.4) is 0 Å². The SMILES string of the molecule is COc1cc(-c2cc(C)c3cccc(OC)c3n2)cc2c1OCCN(C(=O)[C@H]1CCOC(C)(C)C1)C2. The van der Waals surface area contributed by atoms with Gasteiger partial charge in [0.2, 0.25) is 5.91 Å². The van der Waals surface area contributed by atoms with Gasteiger partial charge in [-0.05, 0) is 63.4 Å². The van der Waals surface area contributed by atoms with Gasteiger partial charge in [-0.1, -0.05) is 12.1 Å². The molecule has 0 bridgehead atoms. The molecule has 1 atom stereocenters. The molecule has 1 aromatic heterocycles. The Kier molecular flexibility index (Phi) is 6.51. The molecule has 190 valence electrons. The summed E-state index contributed by atoms with van der Waals surface area (Å²) in [6.45, 7) is 8.22. The summed E-state index contributed by atoms with van der Waals surface area (Å²) in [5.41, 5.74) is 4.29. The monoisotopic (exact) mass is 490 g/mol. The number of fused-ring (bicyclic) bond motifs is 2. The van der Waals surface area contributed by atoms with Crippen LogP contribution in [-0.4, -0.2) is 55.4 Å². The first kappa shape index (κ1) is 24.4. The second-order valence-corrected chi connectivity index (χ2v) is 10.3. The third kappa shape index (κ3) is 4.60. The van der Waals surface area contributed by atoms with Crippen LogP contribution in [0.25, 0.3) is 22.2 Å². The van der Waals surface area contributed by atoms with Crippen molar-refractivity contribution in [3.05, 3.63) is 47.5 Å². The molecule has 2 aromatic carbocycles. The molecule has 7 heteroatoms. The van der Waals surface area contributed by atoms with Gasteiger partial charge in [-0.25, -0.2) is 4.98 Å². The van der Waals surface area contributed by atoms with E-state index in [2.05, 4.69) is 39.0 Å². The Balaban J connectivity index is 1.52. The third-order valence-corrected chi connectivity index (χ3v) is 7.20. The predicted octanol–water partition coefficient (Wildman–Crippen LogP) is 5.15. The summed E-state index contributed by atoms with van der Waals surface area (Å²) >= 11 is 0. The summed E-state index contributed by atoms with van der Waals surface area (Å²) in [7, 11) is 3.30. The van der Waals surface area contributed by atoms with Crippen molar-refractivity contribution < 1.29 is 23.7 Å². The van der Waals surface area contributed by atoms with Crippen molar-refractivity contribution in [1.29, 1.82) is 0 Å². The lowest BCUT2D eigenvalue weighted by Crippen LogP contribution is -2.43. The average Bonchev–Trinajstić information content (AvgIpc) is 3.09. The van der Waals surface area contributed by atoms with Crippen molar-refractivity contribution in [2.24, 2.45) is 5.92 Å². The fourth-order valence-electron chi connectivity index (χ4n) is 5.38. The number of carbonyl (C=O) groups is 1.